The van der Waals surface area contributed by atoms with Crippen LogP contribution in [0.1, 0.15) is 12.0 Å². The van der Waals surface area contributed by atoms with Gasteiger partial charge in [0.05, 0.1) is 6.61 Å². The first kappa shape index (κ1) is 17.0. The highest BCUT2D eigenvalue weighted by Crippen LogP contribution is 2.20. The Morgan fingerprint density at radius 1 is 0.857 bits per heavy atom. The van der Waals surface area contributed by atoms with Gasteiger partial charge in [0.1, 0.15) is 5.75 Å². The lowest BCUT2D eigenvalue weighted by Crippen LogP contribution is -2.11. The van der Waals surface area contributed by atoms with E-state index >= 15 is 0 Å². The zero-order valence-electron chi connectivity index (χ0n) is 11.6. The van der Waals surface area contributed by atoms with Crippen LogP contribution in [0.3, 0.4) is 0 Å². The van der Waals surface area contributed by atoms with E-state index in [9.17, 15) is 0 Å². The smallest absolute Gasteiger partial charge is 0.119 e. The molecule has 0 aliphatic carbocycles. The van der Waals surface area contributed by atoms with Gasteiger partial charge < -0.3 is 4.74 Å². The molecule has 0 saturated heterocycles. The summed E-state index contributed by atoms with van der Waals surface area (Å²) in [6.45, 7) is 0.744. The molecule has 21 heavy (non-hydrogen) atoms. The zero-order valence-corrected chi connectivity index (χ0v) is 16.3. The Bertz CT molecular complexity index is 537. The van der Waals surface area contributed by atoms with E-state index in [4.69, 9.17) is 4.74 Å². The fourth-order valence-electron chi connectivity index (χ4n) is 2.06. The van der Waals surface area contributed by atoms with Crippen molar-refractivity contribution in [2.75, 3.05) is 11.9 Å². The molecule has 0 aromatic heterocycles. The first-order valence-electron chi connectivity index (χ1n) is 6.86. The van der Waals surface area contributed by atoms with Crippen molar-refractivity contribution in [3.05, 3.63) is 63.0 Å². The van der Waals surface area contributed by atoms with Crippen molar-refractivity contribution < 1.29 is 4.74 Å². The largest absolute Gasteiger partial charge is 0.494 e. The first-order chi connectivity index (χ1) is 10.2. The molecule has 1 unspecified atom stereocenters. The molecule has 1 atom stereocenters. The Morgan fingerprint density at radius 3 is 2.00 bits per heavy atom. The predicted molar refractivity (Wildman–Crippen MR) is 99.4 cm³/mol. The summed E-state index contributed by atoms with van der Waals surface area (Å²) in [6.07, 6.45) is 2.11. The quantitative estimate of drug-likeness (QED) is 0.430. The van der Waals surface area contributed by atoms with Gasteiger partial charge in [0.15, 0.2) is 0 Å². The van der Waals surface area contributed by atoms with Crippen LogP contribution in [0.15, 0.2) is 57.5 Å². The summed E-state index contributed by atoms with van der Waals surface area (Å²) in [5, 5.41) is 0.993. The summed E-state index contributed by atoms with van der Waals surface area (Å²) in [7, 11) is 0. The van der Waals surface area contributed by atoms with E-state index in [0.29, 0.717) is 5.92 Å². The topological polar surface area (TPSA) is 9.23 Å². The fraction of sp³-hybridized carbons (Fsp3) is 0.294. The van der Waals surface area contributed by atoms with E-state index in [2.05, 4.69) is 72.1 Å². The highest BCUT2D eigenvalue weighted by atomic mass is 79.9. The standard InChI is InChI=1S/C17H17Br3O/c18-12-14(11-13-1-3-15(19)4-2-13)9-10-21-17-7-5-16(20)6-8-17/h1-8,14H,9-12H2. The van der Waals surface area contributed by atoms with E-state index in [-0.39, 0.29) is 0 Å². The second-order valence-corrected chi connectivity index (χ2v) is 7.42. The molecule has 112 valence electrons. The van der Waals surface area contributed by atoms with Gasteiger partial charge in [-0.15, -0.1) is 0 Å². The summed E-state index contributed by atoms with van der Waals surface area (Å²) >= 11 is 10.5. The summed E-state index contributed by atoms with van der Waals surface area (Å²) < 4.78 is 8.00. The number of alkyl halides is 1. The lowest BCUT2D eigenvalue weighted by Gasteiger charge is -2.15. The number of ether oxygens (including phenoxy) is 1. The van der Waals surface area contributed by atoms with Crippen molar-refractivity contribution in [2.24, 2.45) is 5.92 Å². The van der Waals surface area contributed by atoms with Crippen molar-refractivity contribution >= 4 is 47.8 Å². The van der Waals surface area contributed by atoms with Crippen LogP contribution in [0.5, 0.6) is 5.75 Å². The highest BCUT2D eigenvalue weighted by molar-refractivity contribution is 9.10. The Kier molecular flexibility index (Phi) is 7.27. The molecule has 0 saturated carbocycles. The zero-order chi connectivity index (χ0) is 15.1. The van der Waals surface area contributed by atoms with Crippen molar-refractivity contribution in [1.82, 2.24) is 0 Å². The summed E-state index contributed by atoms with van der Waals surface area (Å²) in [5.41, 5.74) is 1.37. The Hall–Kier alpha value is -0.320. The van der Waals surface area contributed by atoms with Gasteiger partial charge in [-0.1, -0.05) is 59.9 Å². The van der Waals surface area contributed by atoms with Crippen LogP contribution in [0.4, 0.5) is 0 Å². The van der Waals surface area contributed by atoms with Gasteiger partial charge >= 0.3 is 0 Å². The van der Waals surface area contributed by atoms with Gasteiger partial charge in [-0.05, 0) is 60.7 Å². The Morgan fingerprint density at radius 2 is 1.43 bits per heavy atom. The Balaban J connectivity index is 1.79. The third kappa shape index (κ3) is 6.13. The van der Waals surface area contributed by atoms with E-state index in [1.54, 1.807) is 0 Å². The van der Waals surface area contributed by atoms with Crippen LogP contribution >= 0.6 is 47.8 Å². The van der Waals surface area contributed by atoms with E-state index in [1.165, 1.54) is 5.56 Å². The van der Waals surface area contributed by atoms with Crippen LogP contribution in [0.25, 0.3) is 0 Å². The molecule has 2 aromatic carbocycles. The molecule has 0 N–H and O–H groups in total. The highest BCUT2D eigenvalue weighted by Gasteiger charge is 2.09. The molecule has 4 heteroatoms. The molecule has 0 aliphatic rings. The minimum atomic E-state index is 0.585. The van der Waals surface area contributed by atoms with Crippen LogP contribution in [0.2, 0.25) is 0 Å². The van der Waals surface area contributed by atoms with Crippen LogP contribution < -0.4 is 4.74 Å². The monoisotopic (exact) mass is 474 g/mol. The molecule has 0 amide bonds. The molecule has 0 aliphatic heterocycles. The molecule has 1 nitrogen and oxygen atoms in total. The van der Waals surface area contributed by atoms with Crippen LogP contribution in [-0.2, 0) is 6.42 Å². The SMILES string of the molecule is BrCC(CCOc1ccc(Br)cc1)Cc1ccc(Br)cc1. The lowest BCUT2D eigenvalue weighted by molar-refractivity contribution is 0.285. The van der Waals surface area contributed by atoms with E-state index < -0.39 is 0 Å². The van der Waals surface area contributed by atoms with Gasteiger partial charge in [-0.25, -0.2) is 0 Å². The van der Waals surface area contributed by atoms with Crippen molar-refractivity contribution in [3.8, 4) is 5.75 Å². The average Bonchev–Trinajstić information content (AvgIpc) is 2.50. The number of rotatable bonds is 7. The second kappa shape index (κ2) is 8.96. The predicted octanol–water partition coefficient (Wildman–Crippen LogP) is 6.23. The summed E-state index contributed by atoms with van der Waals surface area (Å²) in [4.78, 5) is 0. The van der Waals surface area contributed by atoms with E-state index in [0.717, 1.165) is 39.5 Å². The van der Waals surface area contributed by atoms with Crippen LogP contribution in [-0.4, -0.2) is 11.9 Å². The van der Waals surface area contributed by atoms with Gasteiger partial charge in [-0.3, -0.25) is 0 Å². The number of benzene rings is 2. The third-order valence-electron chi connectivity index (χ3n) is 3.26. The lowest BCUT2D eigenvalue weighted by atomic mass is 9.98. The number of hydrogen-bond donors (Lipinski definition) is 0. The minimum Gasteiger partial charge on any atom is -0.494 e. The van der Waals surface area contributed by atoms with Gasteiger partial charge in [-0.2, -0.15) is 0 Å². The molecule has 0 fully saturated rings. The fourth-order valence-corrected chi connectivity index (χ4v) is 3.14. The van der Waals surface area contributed by atoms with E-state index in [1.807, 2.05) is 24.3 Å². The normalized spacial score (nSPS) is 12.1. The van der Waals surface area contributed by atoms with Gasteiger partial charge in [0.25, 0.3) is 0 Å². The maximum Gasteiger partial charge on any atom is 0.119 e. The maximum absolute atomic E-state index is 5.80. The summed E-state index contributed by atoms with van der Waals surface area (Å²) in [6, 6.07) is 16.5. The number of halogens is 3. The molecule has 2 rings (SSSR count). The van der Waals surface area contributed by atoms with Gasteiger partial charge in [0.2, 0.25) is 0 Å². The molecular weight excluding hydrogens is 460 g/mol. The second-order valence-electron chi connectivity index (χ2n) is 4.94. The molecule has 0 spiro atoms. The summed E-state index contributed by atoms with van der Waals surface area (Å²) in [5.74, 6) is 1.51. The van der Waals surface area contributed by atoms with Crippen molar-refractivity contribution in [1.29, 1.82) is 0 Å². The maximum atomic E-state index is 5.80. The molecule has 0 radical (unpaired) electrons. The van der Waals surface area contributed by atoms with Crippen molar-refractivity contribution in [2.45, 2.75) is 12.8 Å². The first-order valence-corrected chi connectivity index (χ1v) is 9.57. The molecule has 0 heterocycles. The molecule has 0 bridgehead atoms. The van der Waals surface area contributed by atoms with Crippen LogP contribution in [0, 0.1) is 5.92 Å². The van der Waals surface area contributed by atoms with Crippen molar-refractivity contribution in [3.63, 3.8) is 0 Å². The van der Waals surface area contributed by atoms with Gasteiger partial charge in [0, 0.05) is 14.3 Å². The average molecular weight is 477 g/mol. The molecular formula is C17H17Br3O. The Labute approximate surface area is 151 Å². The molecule has 2 aromatic rings. The number of hydrogen-bond acceptors (Lipinski definition) is 1. The minimum absolute atomic E-state index is 0.585. The third-order valence-corrected chi connectivity index (χ3v) is 5.24.